The summed E-state index contributed by atoms with van der Waals surface area (Å²) in [5.41, 5.74) is 2.06. The Balaban J connectivity index is 1.75. The number of carbonyl (C=O) groups is 1. The van der Waals surface area contributed by atoms with E-state index >= 15 is 0 Å². The summed E-state index contributed by atoms with van der Waals surface area (Å²) in [7, 11) is 3.16. The van der Waals surface area contributed by atoms with Gasteiger partial charge in [-0.05, 0) is 29.8 Å². The Morgan fingerprint density at radius 2 is 1.79 bits per heavy atom. The smallest absolute Gasteiger partial charge is 0.291 e. The largest absolute Gasteiger partial charge is 0.497 e. The van der Waals surface area contributed by atoms with Gasteiger partial charge in [-0.1, -0.05) is 12.1 Å². The third-order valence-electron chi connectivity index (χ3n) is 3.45. The lowest BCUT2D eigenvalue weighted by atomic mass is 10.2. The number of rotatable bonds is 5. The predicted octanol–water partition coefficient (Wildman–Crippen LogP) is 1.97. The van der Waals surface area contributed by atoms with E-state index in [1.165, 1.54) is 0 Å². The predicted molar refractivity (Wildman–Crippen MR) is 88.0 cm³/mol. The van der Waals surface area contributed by atoms with Gasteiger partial charge < -0.3 is 14.8 Å². The van der Waals surface area contributed by atoms with E-state index in [4.69, 9.17) is 9.47 Å². The highest BCUT2D eigenvalue weighted by atomic mass is 16.5. The normalized spacial score (nSPS) is 10.4. The molecule has 0 atom stereocenters. The van der Waals surface area contributed by atoms with Crippen LogP contribution in [0.4, 0.5) is 0 Å². The molecule has 0 saturated heterocycles. The minimum absolute atomic E-state index is 0.0126. The third-order valence-corrected chi connectivity index (χ3v) is 3.45. The van der Waals surface area contributed by atoms with Crippen molar-refractivity contribution in [1.82, 2.24) is 20.5 Å². The number of carbonyl (C=O) groups excluding carboxylic acids is 1. The fourth-order valence-corrected chi connectivity index (χ4v) is 2.18. The quantitative estimate of drug-likeness (QED) is 0.772. The first-order valence-electron chi connectivity index (χ1n) is 7.29. The van der Waals surface area contributed by atoms with Crippen molar-refractivity contribution in [3.63, 3.8) is 0 Å². The van der Waals surface area contributed by atoms with Gasteiger partial charge in [0.15, 0.2) is 0 Å². The van der Waals surface area contributed by atoms with Crippen molar-refractivity contribution in [2.45, 2.75) is 6.54 Å². The van der Waals surface area contributed by atoms with Gasteiger partial charge in [-0.3, -0.25) is 4.79 Å². The van der Waals surface area contributed by atoms with Crippen LogP contribution >= 0.6 is 0 Å². The second kappa shape index (κ2) is 6.91. The first-order chi connectivity index (χ1) is 11.7. The Labute approximate surface area is 138 Å². The van der Waals surface area contributed by atoms with Gasteiger partial charge in [-0.2, -0.15) is 0 Å². The maximum atomic E-state index is 12.2. The standard InChI is InChI=1S/C17H16N4O3/c1-23-12-5-3-4-11(8-12)10-18-17(22)16-19-15-9-13(24-2)6-7-14(15)20-21-16/h3-9H,10H2,1-2H3,(H,18,22). The van der Waals surface area contributed by atoms with Crippen molar-refractivity contribution in [3.8, 4) is 11.5 Å². The van der Waals surface area contributed by atoms with Crippen molar-refractivity contribution in [2.24, 2.45) is 0 Å². The number of ether oxygens (including phenoxy) is 2. The number of aromatic nitrogens is 3. The molecular formula is C17H16N4O3. The van der Waals surface area contributed by atoms with Crippen LogP contribution in [0.1, 0.15) is 16.2 Å². The van der Waals surface area contributed by atoms with E-state index in [1.54, 1.807) is 32.4 Å². The van der Waals surface area contributed by atoms with E-state index in [1.807, 2.05) is 24.3 Å². The number of nitrogens with one attached hydrogen (secondary N) is 1. The van der Waals surface area contributed by atoms with Gasteiger partial charge >= 0.3 is 0 Å². The van der Waals surface area contributed by atoms with Gasteiger partial charge in [0.1, 0.15) is 17.0 Å². The van der Waals surface area contributed by atoms with Crippen molar-refractivity contribution in [3.05, 3.63) is 53.9 Å². The molecule has 1 heterocycles. The summed E-state index contributed by atoms with van der Waals surface area (Å²) in [5.74, 6) is 0.997. The molecule has 7 heteroatoms. The Morgan fingerprint density at radius 3 is 2.58 bits per heavy atom. The maximum Gasteiger partial charge on any atom is 0.291 e. The van der Waals surface area contributed by atoms with Crippen LogP contribution in [-0.2, 0) is 6.54 Å². The average molecular weight is 324 g/mol. The number of nitrogens with zero attached hydrogens (tertiary/aromatic N) is 3. The van der Waals surface area contributed by atoms with E-state index in [0.717, 1.165) is 11.3 Å². The Morgan fingerprint density at radius 1 is 1.00 bits per heavy atom. The van der Waals surface area contributed by atoms with Gasteiger partial charge in [-0.25, -0.2) is 4.98 Å². The summed E-state index contributed by atoms with van der Waals surface area (Å²) in [6.07, 6.45) is 0. The summed E-state index contributed by atoms with van der Waals surface area (Å²) in [5, 5.41) is 10.6. The van der Waals surface area contributed by atoms with Gasteiger partial charge in [-0.15, -0.1) is 10.2 Å². The van der Waals surface area contributed by atoms with Crippen LogP contribution in [0, 0.1) is 0 Å². The lowest BCUT2D eigenvalue weighted by Crippen LogP contribution is -2.25. The van der Waals surface area contributed by atoms with E-state index in [9.17, 15) is 4.79 Å². The molecule has 2 aromatic carbocycles. The molecule has 3 aromatic rings. The first kappa shape index (κ1) is 15.7. The molecular weight excluding hydrogens is 308 g/mol. The minimum atomic E-state index is -0.393. The maximum absolute atomic E-state index is 12.2. The number of benzene rings is 2. The molecule has 0 unspecified atom stereocenters. The highest BCUT2D eigenvalue weighted by Gasteiger charge is 2.11. The van der Waals surface area contributed by atoms with Crippen molar-refractivity contribution in [2.75, 3.05) is 14.2 Å². The van der Waals surface area contributed by atoms with Crippen LogP contribution < -0.4 is 14.8 Å². The number of amides is 1. The second-order valence-corrected chi connectivity index (χ2v) is 5.02. The first-order valence-corrected chi connectivity index (χ1v) is 7.29. The molecule has 1 amide bonds. The Hall–Kier alpha value is -3.22. The zero-order valence-electron chi connectivity index (χ0n) is 13.3. The molecule has 0 aliphatic heterocycles. The third kappa shape index (κ3) is 3.40. The molecule has 0 aliphatic rings. The van der Waals surface area contributed by atoms with Crippen LogP contribution in [0.3, 0.4) is 0 Å². The highest BCUT2D eigenvalue weighted by Crippen LogP contribution is 2.17. The molecule has 0 saturated carbocycles. The average Bonchev–Trinajstić information content (AvgIpc) is 2.65. The summed E-state index contributed by atoms with van der Waals surface area (Å²) in [6, 6.07) is 12.7. The Bertz CT molecular complexity index is 883. The number of fused-ring (bicyclic) bond motifs is 1. The van der Waals surface area contributed by atoms with Crippen molar-refractivity contribution < 1.29 is 14.3 Å². The Kier molecular flexibility index (Phi) is 4.51. The fraction of sp³-hybridized carbons (Fsp3) is 0.176. The topological polar surface area (TPSA) is 86.2 Å². The summed E-state index contributed by atoms with van der Waals surface area (Å²) < 4.78 is 10.3. The summed E-state index contributed by atoms with van der Waals surface area (Å²) >= 11 is 0. The lowest BCUT2D eigenvalue weighted by Gasteiger charge is -2.06. The molecule has 0 spiro atoms. The minimum Gasteiger partial charge on any atom is -0.497 e. The number of hydrogen-bond acceptors (Lipinski definition) is 6. The monoisotopic (exact) mass is 324 g/mol. The molecule has 1 aromatic heterocycles. The molecule has 122 valence electrons. The van der Waals surface area contributed by atoms with Crippen LogP contribution in [0.2, 0.25) is 0 Å². The molecule has 24 heavy (non-hydrogen) atoms. The van der Waals surface area contributed by atoms with Gasteiger partial charge in [0, 0.05) is 12.6 Å². The van der Waals surface area contributed by atoms with Crippen molar-refractivity contribution in [1.29, 1.82) is 0 Å². The zero-order chi connectivity index (χ0) is 16.9. The molecule has 0 radical (unpaired) electrons. The fourth-order valence-electron chi connectivity index (χ4n) is 2.18. The molecule has 0 fully saturated rings. The van der Waals surface area contributed by atoms with Crippen LogP contribution in [0.15, 0.2) is 42.5 Å². The van der Waals surface area contributed by atoms with Gasteiger partial charge in [0.2, 0.25) is 5.82 Å². The number of methoxy groups -OCH3 is 2. The lowest BCUT2D eigenvalue weighted by molar-refractivity contribution is 0.0939. The van der Waals surface area contributed by atoms with E-state index < -0.39 is 5.91 Å². The molecule has 0 aliphatic carbocycles. The SMILES string of the molecule is COc1cccc(CNC(=O)c2nnc3ccc(OC)cc3n2)c1. The molecule has 7 nitrogen and oxygen atoms in total. The van der Waals surface area contributed by atoms with E-state index in [2.05, 4.69) is 20.5 Å². The highest BCUT2D eigenvalue weighted by molar-refractivity contribution is 5.91. The van der Waals surface area contributed by atoms with Crippen molar-refractivity contribution >= 4 is 16.9 Å². The summed E-state index contributed by atoms with van der Waals surface area (Å²) in [4.78, 5) is 16.5. The number of hydrogen-bond donors (Lipinski definition) is 1. The van der Waals surface area contributed by atoms with E-state index in [-0.39, 0.29) is 5.82 Å². The zero-order valence-corrected chi connectivity index (χ0v) is 13.3. The van der Waals surface area contributed by atoms with Crippen LogP contribution in [-0.4, -0.2) is 35.3 Å². The molecule has 0 bridgehead atoms. The van der Waals surface area contributed by atoms with Crippen LogP contribution in [0.25, 0.3) is 11.0 Å². The molecule has 3 rings (SSSR count). The molecule has 1 N–H and O–H groups in total. The van der Waals surface area contributed by atoms with Crippen LogP contribution in [0.5, 0.6) is 11.5 Å². The van der Waals surface area contributed by atoms with Gasteiger partial charge in [0.05, 0.1) is 19.7 Å². The van der Waals surface area contributed by atoms with Gasteiger partial charge in [0.25, 0.3) is 5.91 Å². The second-order valence-electron chi connectivity index (χ2n) is 5.02. The summed E-state index contributed by atoms with van der Waals surface area (Å²) in [6.45, 7) is 0.343. The van der Waals surface area contributed by atoms with E-state index in [0.29, 0.717) is 23.3 Å².